The molecule has 2 fully saturated rings. The summed E-state index contributed by atoms with van der Waals surface area (Å²) in [5.41, 5.74) is 5.93. The Hall–Kier alpha value is -0.560. The summed E-state index contributed by atoms with van der Waals surface area (Å²) in [7, 11) is 0. The van der Waals surface area contributed by atoms with E-state index >= 15 is 0 Å². The first-order chi connectivity index (χ1) is 8.28. The lowest BCUT2D eigenvalue weighted by Crippen LogP contribution is -2.48. The highest BCUT2D eigenvalue weighted by molar-refractivity contribution is 4.91. The van der Waals surface area contributed by atoms with E-state index in [-0.39, 0.29) is 0 Å². The summed E-state index contributed by atoms with van der Waals surface area (Å²) in [6, 6.07) is 1.85. The normalized spacial score (nSPS) is 32.2. The Morgan fingerprint density at radius 3 is 2.24 bits per heavy atom. The van der Waals surface area contributed by atoms with Crippen LogP contribution in [0.3, 0.4) is 0 Å². The fourth-order valence-electron chi connectivity index (χ4n) is 3.01. The molecule has 1 heterocycles. The molecule has 0 aromatic carbocycles. The summed E-state index contributed by atoms with van der Waals surface area (Å²) in [4.78, 5) is 2.37. The quantitative estimate of drug-likeness (QED) is 0.716. The van der Waals surface area contributed by atoms with Crippen LogP contribution in [0.25, 0.3) is 0 Å². The highest BCUT2D eigenvalue weighted by Gasteiger charge is 2.23. The molecule has 2 aliphatic rings. The number of nitrogens with one attached hydrogen (secondary N) is 1. The van der Waals surface area contributed by atoms with E-state index in [0.29, 0.717) is 18.1 Å². The zero-order valence-corrected chi connectivity index (χ0v) is 10.7. The molecule has 3 N–H and O–H groups in total. The van der Waals surface area contributed by atoms with Crippen molar-refractivity contribution in [2.75, 3.05) is 19.6 Å². The molecule has 1 aliphatic carbocycles. The summed E-state index contributed by atoms with van der Waals surface area (Å²) in [5, 5.41) is 3.81. The predicted octanol–water partition coefficient (Wildman–Crippen LogP) is 0.943. The van der Waals surface area contributed by atoms with Gasteiger partial charge in [0.1, 0.15) is 0 Å². The van der Waals surface area contributed by atoms with Crippen LogP contribution in [0.1, 0.15) is 38.5 Å². The van der Waals surface area contributed by atoms with Crippen molar-refractivity contribution in [2.24, 2.45) is 5.73 Å². The van der Waals surface area contributed by atoms with Crippen LogP contribution in [0.5, 0.6) is 0 Å². The van der Waals surface area contributed by atoms with Gasteiger partial charge in [-0.15, -0.1) is 6.42 Å². The lowest BCUT2D eigenvalue weighted by Gasteiger charge is -2.35. The summed E-state index contributed by atoms with van der Waals surface area (Å²) in [6.45, 7) is 3.10. The van der Waals surface area contributed by atoms with Gasteiger partial charge in [0.2, 0.25) is 0 Å². The molecule has 1 saturated heterocycles. The maximum Gasteiger partial charge on any atom is 0.0598 e. The van der Waals surface area contributed by atoms with Gasteiger partial charge in [-0.1, -0.05) is 5.92 Å². The highest BCUT2D eigenvalue weighted by atomic mass is 15.1. The van der Waals surface area contributed by atoms with Crippen LogP contribution < -0.4 is 11.1 Å². The van der Waals surface area contributed by atoms with Crippen LogP contribution in [0.15, 0.2) is 0 Å². The fraction of sp³-hybridized carbons (Fsp3) is 0.857. The molecule has 1 saturated carbocycles. The van der Waals surface area contributed by atoms with E-state index in [1.54, 1.807) is 0 Å². The number of piperidine rings is 1. The smallest absolute Gasteiger partial charge is 0.0598 e. The molecule has 0 unspecified atom stereocenters. The summed E-state index contributed by atoms with van der Waals surface area (Å²) in [6.07, 6.45) is 12.7. The zero-order chi connectivity index (χ0) is 12.1. The first-order valence-electron chi connectivity index (χ1n) is 6.95. The molecule has 96 valence electrons. The molecule has 0 radical (unpaired) electrons. The van der Waals surface area contributed by atoms with Gasteiger partial charge in [-0.2, -0.15) is 0 Å². The van der Waals surface area contributed by atoms with Gasteiger partial charge in [-0.05, 0) is 38.5 Å². The van der Waals surface area contributed by atoms with E-state index in [0.717, 1.165) is 19.6 Å². The van der Waals surface area contributed by atoms with Gasteiger partial charge in [0.25, 0.3) is 0 Å². The fourth-order valence-corrected chi connectivity index (χ4v) is 3.01. The lowest BCUT2D eigenvalue weighted by atomic mass is 9.90. The van der Waals surface area contributed by atoms with Gasteiger partial charge >= 0.3 is 0 Å². The first kappa shape index (κ1) is 12.9. The van der Waals surface area contributed by atoms with Gasteiger partial charge in [0, 0.05) is 31.2 Å². The Morgan fingerprint density at radius 2 is 1.65 bits per heavy atom. The zero-order valence-electron chi connectivity index (χ0n) is 10.7. The average Bonchev–Trinajstić information content (AvgIpc) is 2.35. The molecule has 3 nitrogen and oxygen atoms in total. The van der Waals surface area contributed by atoms with Crippen LogP contribution in [0, 0.1) is 12.3 Å². The number of nitrogens with two attached hydrogens (primary N) is 1. The van der Waals surface area contributed by atoms with E-state index in [4.69, 9.17) is 12.2 Å². The van der Waals surface area contributed by atoms with Crippen LogP contribution in [0.2, 0.25) is 0 Å². The van der Waals surface area contributed by atoms with Crippen LogP contribution in [-0.4, -0.2) is 42.7 Å². The van der Waals surface area contributed by atoms with E-state index in [9.17, 15) is 0 Å². The molecule has 3 heteroatoms. The topological polar surface area (TPSA) is 41.3 Å². The average molecular weight is 235 g/mol. The second-order valence-corrected chi connectivity index (χ2v) is 5.53. The molecule has 0 amide bonds. The third kappa shape index (κ3) is 3.99. The highest BCUT2D eigenvalue weighted by Crippen LogP contribution is 2.19. The molecule has 0 atom stereocenters. The maximum atomic E-state index is 5.93. The van der Waals surface area contributed by atoms with E-state index in [1.807, 2.05) is 0 Å². The third-order valence-corrected chi connectivity index (χ3v) is 4.15. The molecule has 17 heavy (non-hydrogen) atoms. The van der Waals surface area contributed by atoms with Crippen LogP contribution in [-0.2, 0) is 0 Å². The van der Waals surface area contributed by atoms with Gasteiger partial charge in [-0.25, -0.2) is 0 Å². The Labute approximate surface area is 105 Å². The molecule has 2 rings (SSSR count). The Kier molecular flexibility index (Phi) is 4.85. The molecular weight excluding hydrogens is 210 g/mol. The van der Waals surface area contributed by atoms with Crippen molar-refractivity contribution >= 4 is 0 Å². The largest absolute Gasteiger partial charge is 0.328 e. The first-order valence-corrected chi connectivity index (χ1v) is 6.95. The standard InChI is InChI=1S/C14H25N3/c1-2-9-17-10-7-14(8-11-17)16-13-5-3-12(15)4-6-13/h1,12-14,16H,3-11,15H2. The number of rotatable bonds is 3. The molecule has 0 aromatic heterocycles. The molecule has 0 aromatic rings. The van der Waals surface area contributed by atoms with Crippen molar-refractivity contribution in [3.8, 4) is 12.3 Å². The summed E-state index contributed by atoms with van der Waals surface area (Å²) >= 11 is 0. The molecule has 0 spiro atoms. The van der Waals surface area contributed by atoms with Crippen molar-refractivity contribution in [3.05, 3.63) is 0 Å². The number of terminal acetylenes is 1. The van der Waals surface area contributed by atoms with Crippen molar-refractivity contribution in [1.82, 2.24) is 10.2 Å². The van der Waals surface area contributed by atoms with Gasteiger partial charge < -0.3 is 11.1 Å². The van der Waals surface area contributed by atoms with Gasteiger partial charge in [0.05, 0.1) is 6.54 Å². The SMILES string of the molecule is C#CCN1CCC(NC2CCC(N)CC2)CC1. The van der Waals surface area contributed by atoms with Crippen molar-refractivity contribution in [1.29, 1.82) is 0 Å². The van der Waals surface area contributed by atoms with E-state index < -0.39 is 0 Å². The Balaban J connectivity index is 1.66. The Bertz CT molecular complexity index is 255. The summed E-state index contributed by atoms with van der Waals surface area (Å²) in [5.74, 6) is 2.73. The second-order valence-electron chi connectivity index (χ2n) is 5.53. The number of hydrogen-bond donors (Lipinski definition) is 2. The number of hydrogen-bond acceptors (Lipinski definition) is 3. The monoisotopic (exact) mass is 235 g/mol. The van der Waals surface area contributed by atoms with Crippen molar-refractivity contribution in [2.45, 2.75) is 56.7 Å². The minimum absolute atomic E-state index is 0.450. The van der Waals surface area contributed by atoms with Crippen molar-refractivity contribution < 1.29 is 0 Å². The van der Waals surface area contributed by atoms with E-state index in [1.165, 1.54) is 38.5 Å². The third-order valence-electron chi connectivity index (χ3n) is 4.15. The van der Waals surface area contributed by atoms with Crippen LogP contribution >= 0.6 is 0 Å². The van der Waals surface area contributed by atoms with Gasteiger partial charge in [-0.3, -0.25) is 4.90 Å². The second kappa shape index (κ2) is 6.39. The summed E-state index contributed by atoms with van der Waals surface area (Å²) < 4.78 is 0. The molecular formula is C14H25N3. The predicted molar refractivity (Wildman–Crippen MR) is 71.7 cm³/mol. The number of likely N-dealkylation sites (tertiary alicyclic amines) is 1. The van der Waals surface area contributed by atoms with Gasteiger partial charge in [0.15, 0.2) is 0 Å². The Morgan fingerprint density at radius 1 is 1.06 bits per heavy atom. The lowest BCUT2D eigenvalue weighted by molar-refractivity contribution is 0.198. The van der Waals surface area contributed by atoms with Crippen LogP contribution in [0.4, 0.5) is 0 Å². The number of nitrogens with zero attached hydrogens (tertiary/aromatic N) is 1. The molecule has 1 aliphatic heterocycles. The van der Waals surface area contributed by atoms with E-state index in [2.05, 4.69) is 16.1 Å². The minimum Gasteiger partial charge on any atom is -0.328 e. The maximum absolute atomic E-state index is 5.93. The van der Waals surface area contributed by atoms with Crippen molar-refractivity contribution in [3.63, 3.8) is 0 Å². The minimum atomic E-state index is 0.450. The molecule has 0 bridgehead atoms.